The maximum atomic E-state index is 5.68. The number of nitrogens with two attached hydrogens (primary N) is 1. The van der Waals surface area contributed by atoms with Crippen molar-refractivity contribution in [2.24, 2.45) is 11.7 Å². The van der Waals surface area contributed by atoms with Crippen LogP contribution in [0.3, 0.4) is 0 Å². The van der Waals surface area contributed by atoms with E-state index in [0.29, 0.717) is 0 Å². The minimum Gasteiger partial charge on any atom is -0.329 e. The van der Waals surface area contributed by atoms with Gasteiger partial charge >= 0.3 is 0 Å². The van der Waals surface area contributed by atoms with Gasteiger partial charge in [-0.1, -0.05) is 0 Å². The topological polar surface area (TPSA) is 29.3 Å². The van der Waals surface area contributed by atoms with Crippen LogP contribution in [0.15, 0.2) is 0 Å². The molecular weight excluding hydrogens is 124 g/mol. The van der Waals surface area contributed by atoms with Crippen molar-refractivity contribution < 1.29 is 0 Å². The summed E-state index contributed by atoms with van der Waals surface area (Å²) in [6.45, 7) is 3.49. The van der Waals surface area contributed by atoms with E-state index in [-0.39, 0.29) is 0 Å². The van der Waals surface area contributed by atoms with Crippen LogP contribution in [0.5, 0.6) is 0 Å². The normalized spacial score (nSPS) is 29.7. The van der Waals surface area contributed by atoms with Crippen LogP contribution in [0.4, 0.5) is 0 Å². The van der Waals surface area contributed by atoms with Gasteiger partial charge in [0, 0.05) is 12.6 Å². The molecular formula is C8H16N2. The molecule has 0 aromatic carbocycles. The number of likely N-dealkylation sites (tertiary alicyclic amines) is 1. The van der Waals surface area contributed by atoms with Gasteiger partial charge in [0.1, 0.15) is 0 Å². The van der Waals surface area contributed by atoms with Crippen LogP contribution >= 0.6 is 0 Å². The van der Waals surface area contributed by atoms with Crippen LogP contribution in [-0.4, -0.2) is 30.6 Å². The van der Waals surface area contributed by atoms with Gasteiger partial charge in [-0.3, -0.25) is 4.90 Å². The van der Waals surface area contributed by atoms with E-state index < -0.39 is 0 Å². The third-order valence-electron chi connectivity index (χ3n) is 2.77. The minimum absolute atomic E-state index is 0.744. The Morgan fingerprint density at radius 3 is 2.40 bits per heavy atom. The number of rotatable bonds is 3. The number of hydrogen-bond acceptors (Lipinski definition) is 2. The van der Waals surface area contributed by atoms with Gasteiger partial charge in [0.2, 0.25) is 0 Å². The zero-order valence-electron chi connectivity index (χ0n) is 6.42. The quantitative estimate of drug-likeness (QED) is 0.616. The van der Waals surface area contributed by atoms with Crippen molar-refractivity contribution in [1.82, 2.24) is 4.90 Å². The Morgan fingerprint density at radius 1 is 1.40 bits per heavy atom. The summed E-state index contributed by atoms with van der Waals surface area (Å²) in [5.74, 6) is 0.963. The maximum Gasteiger partial charge on any atom is 0.0246 e. The minimum atomic E-state index is 0.744. The van der Waals surface area contributed by atoms with Crippen LogP contribution in [-0.2, 0) is 0 Å². The molecule has 1 saturated carbocycles. The van der Waals surface area contributed by atoms with E-state index in [4.69, 9.17) is 5.73 Å². The highest BCUT2D eigenvalue weighted by atomic mass is 15.2. The first kappa shape index (κ1) is 6.62. The Bertz CT molecular complexity index is 116. The molecule has 2 N–H and O–H groups in total. The molecule has 0 amide bonds. The standard InChI is InChI=1S/C8H16N2/c9-6-8(7-2-3-7)10-4-1-5-10/h7-8H,1-6,9H2. The third-order valence-corrected chi connectivity index (χ3v) is 2.77. The van der Waals surface area contributed by atoms with Crippen LogP contribution in [0, 0.1) is 5.92 Å². The molecule has 0 aromatic rings. The predicted octanol–water partition coefficient (Wildman–Crippen LogP) is 0.429. The number of nitrogens with zero attached hydrogens (tertiary/aromatic N) is 1. The highest BCUT2D eigenvalue weighted by Gasteiger charge is 2.35. The fourth-order valence-corrected chi connectivity index (χ4v) is 1.79. The van der Waals surface area contributed by atoms with Crippen LogP contribution in [0.25, 0.3) is 0 Å². The molecule has 10 heavy (non-hydrogen) atoms. The summed E-state index contributed by atoms with van der Waals surface area (Å²) in [6.07, 6.45) is 4.25. The lowest BCUT2D eigenvalue weighted by molar-refractivity contribution is 0.108. The number of hydrogen-bond donors (Lipinski definition) is 1. The van der Waals surface area contributed by atoms with Crippen LogP contribution in [0.2, 0.25) is 0 Å². The molecule has 2 fully saturated rings. The van der Waals surface area contributed by atoms with Gasteiger partial charge in [-0.15, -0.1) is 0 Å². The predicted molar refractivity (Wildman–Crippen MR) is 41.8 cm³/mol. The van der Waals surface area contributed by atoms with Gasteiger partial charge in [-0.25, -0.2) is 0 Å². The van der Waals surface area contributed by atoms with E-state index in [1.165, 1.54) is 32.4 Å². The molecule has 1 unspecified atom stereocenters. The Kier molecular flexibility index (Phi) is 1.66. The second-order valence-corrected chi connectivity index (χ2v) is 3.53. The fraction of sp³-hybridized carbons (Fsp3) is 1.00. The van der Waals surface area contributed by atoms with Crippen molar-refractivity contribution in [3.63, 3.8) is 0 Å². The summed E-state index contributed by atoms with van der Waals surface area (Å²) in [5.41, 5.74) is 5.68. The molecule has 1 atom stereocenters. The lowest BCUT2D eigenvalue weighted by atomic mass is 10.1. The summed E-state index contributed by atoms with van der Waals surface area (Å²) < 4.78 is 0. The van der Waals surface area contributed by atoms with Crippen molar-refractivity contribution >= 4 is 0 Å². The Labute approximate surface area is 62.4 Å². The smallest absolute Gasteiger partial charge is 0.0246 e. The largest absolute Gasteiger partial charge is 0.329 e. The fourth-order valence-electron chi connectivity index (χ4n) is 1.79. The van der Waals surface area contributed by atoms with Crippen molar-refractivity contribution in [1.29, 1.82) is 0 Å². The molecule has 1 heterocycles. The molecule has 1 aliphatic heterocycles. The zero-order valence-corrected chi connectivity index (χ0v) is 6.42. The summed E-state index contributed by atoms with van der Waals surface area (Å²) >= 11 is 0. The lowest BCUT2D eigenvalue weighted by Crippen LogP contribution is -2.49. The second kappa shape index (κ2) is 2.51. The first-order chi connectivity index (χ1) is 4.92. The van der Waals surface area contributed by atoms with Crippen LogP contribution in [0.1, 0.15) is 19.3 Å². The zero-order chi connectivity index (χ0) is 6.97. The van der Waals surface area contributed by atoms with E-state index in [9.17, 15) is 0 Å². The average molecular weight is 140 g/mol. The second-order valence-electron chi connectivity index (χ2n) is 3.53. The SMILES string of the molecule is NCC(C1CC1)N1CCC1. The van der Waals surface area contributed by atoms with E-state index >= 15 is 0 Å². The summed E-state index contributed by atoms with van der Waals surface area (Å²) in [5, 5.41) is 0. The van der Waals surface area contributed by atoms with Crippen molar-refractivity contribution in [3.8, 4) is 0 Å². The van der Waals surface area contributed by atoms with Crippen molar-refractivity contribution in [2.75, 3.05) is 19.6 Å². The summed E-state index contributed by atoms with van der Waals surface area (Å²) in [4.78, 5) is 2.54. The molecule has 2 heteroatoms. The highest BCUT2D eigenvalue weighted by Crippen LogP contribution is 2.36. The van der Waals surface area contributed by atoms with E-state index in [1.54, 1.807) is 0 Å². The van der Waals surface area contributed by atoms with Gasteiger partial charge < -0.3 is 5.73 Å². The van der Waals surface area contributed by atoms with Gasteiger partial charge in [0.05, 0.1) is 0 Å². The van der Waals surface area contributed by atoms with E-state index in [1.807, 2.05) is 0 Å². The van der Waals surface area contributed by atoms with Gasteiger partial charge in [0.25, 0.3) is 0 Å². The van der Waals surface area contributed by atoms with Crippen LogP contribution < -0.4 is 5.73 Å². The lowest BCUT2D eigenvalue weighted by Gasteiger charge is -2.38. The monoisotopic (exact) mass is 140 g/mol. The molecule has 0 spiro atoms. The van der Waals surface area contributed by atoms with Gasteiger partial charge in [-0.05, 0) is 38.3 Å². The third kappa shape index (κ3) is 1.06. The molecule has 0 bridgehead atoms. The molecule has 2 aliphatic rings. The van der Waals surface area contributed by atoms with E-state index in [0.717, 1.165) is 18.5 Å². The maximum absolute atomic E-state index is 5.68. The molecule has 0 aromatic heterocycles. The average Bonchev–Trinajstić information content (AvgIpc) is 2.58. The van der Waals surface area contributed by atoms with Crippen molar-refractivity contribution in [2.45, 2.75) is 25.3 Å². The molecule has 1 saturated heterocycles. The Morgan fingerprint density at radius 2 is 2.10 bits per heavy atom. The molecule has 58 valence electrons. The van der Waals surface area contributed by atoms with E-state index in [2.05, 4.69) is 4.90 Å². The van der Waals surface area contributed by atoms with Gasteiger partial charge in [-0.2, -0.15) is 0 Å². The molecule has 2 rings (SSSR count). The highest BCUT2D eigenvalue weighted by molar-refractivity contribution is 4.91. The van der Waals surface area contributed by atoms with Gasteiger partial charge in [0.15, 0.2) is 0 Å². The molecule has 0 radical (unpaired) electrons. The Balaban J connectivity index is 1.84. The first-order valence-corrected chi connectivity index (χ1v) is 4.36. The Hall–Kier alpha value is -0.0800. The summed E-state index contributed by atoms with van der Waals surface area (Å²) in [7, 11) is 0. The summed E-state index contributed by atoms with van der Waals surface area (Å²) in [6, 6.07) is 0.744. The van der Waals surface area contributed by atoms with Crippen molar-refractivity contribution in [3.05, 3.63) is 0 Å². The molecule has 2 nitrogen and oxygen atoms in total. The molecule has 1 aliphatic carbocycles. The first-order valence-electron chi connectivity index (χ1n) is 4.36.